The van der Waals surface area contributed by atoms with E-state index in [2.05, 4.69) is 59.9 Å². The highest BCUT2D eigenvalue weighted by Crippen LogP contribution is 2.30. The van der Waals surface area contributed by atoms with Crippen LogP contribution in [0.15, 0.2) is 60.8 Å². The first kappa shape index (κ1) is 20.9. The van der Waals surface area contributed by atoms with Crippen molar-refractivity contribution in [2.75, 3.05) is 5.32 Å². The van der Waals surface area contributed by atoms with Gasteiger partial charge >= 0.3 is 0 Å². The summed E-state index contributed by atoms with van der Waals surface area (Å²) in [6.45, 7) is 7.81. The second-order valence-corrected chi connectivity index (χ2v) is 7.32. The van der Waals surface area contributed by atoms with Gasteiger partial charge in [0.25, 0.3) is 0 Å². The Kier molecular flexibility index (Phi) is 6.23. The van der Waals surface area contributed by atoms with Crippen LogP contribution in [0.3, 0.4) is 0 Å². The topological polar surface area (TPSA) is 29.9 Å². The van der Waals surface area contributed by atoms with Crippen LogP contribution in [0.1, 0.15) is 27.9 Å². The molecule has 4 rings (SSSR count). The van der Waals surface area contributed by atoms with Crippen LogP contribution in [0, 0.1) is 26.6 Å². The van der Waals surface area contributed by atoms with Crippen molar-refractivity contribution in [2.45, 2.75) is 33.9 Å². The van der Waals surface area contributed by atoms with Crippen LogP contribution in [-0.4, -0.2) is 9.55 Å². The quantitative estimate of drug-likeness (QED) is 0.426. The number of aromatic nitrogens is 2. The number of benzene rings is 2. The minimum atomic E-state index is -0.215. The molecule has 150 valence electrons. The summed E-state index contributed by atoms with van der Waals surface area (Å²) in [5, 5.41) is 3.52. The molecule has 2 aromatic heterocycles. The van der Waals surface area contributed by atoms with Crippen molar-refractivity contribution in [3.05, 3.63) is 94.6 Å². The molecule has 2 heterocycles. The second-order valence-electron chi connectivity index (χ2n) is 7.32. The predicted octanol–water partition coefficient (Wildman–Crippen LogP) is 6.18. The third-order valence-corrected chi connectivity index (χ3v) is 5.35. The van der Waals surface area contributed by atoms with Crippen LogP contribution in [0.25, 0.3) is 11.0 Å². The third-order valence-electron chi connectivity index (χ3n) is 5.35. The normalized spacial score (nSPS) is 10.8. The number of anilines is 1. The highest BCUT2D eigenvalue weighted by molar-refractivity contribution is 5.92. The summed E-state index contributed by atoms with van der Waals surface area (Å²) >= 11 is 0. The lowest BCUT2D eigenvalue weighted by molar-refractivity contribution is 0.627. The monoisotopic (exact) mass is 409 g/mol. The van der Waals surface area contributed by atoms with Gasteiger partial charge in [-0.1, -0.05) is 42.0 Å². The Morgan fingerprint density at radius 3 is 2.24 bits per heavy atom. The molecule has 4 aromatic rings. The Morgan fingerprint density at radius 2 is 1.55 bits per heavy atom. The first-order chi connectivity index (χ1) is 13.5. The van der Waals surface area contributed by atoms with E-state index in [1.165, 1.54) is 34.5 Å². The van der Waals surface area contributed by atoms with Crippen LogP contribution in [0.5, 0.6) is 0 Å². The molecule has 1 N–H and O–H groups in total. The fraction of sp³-hybridized carbons (Fsp3) is 0.208. The smallest absolute Gasteiger partial charge is 0.123 e. The van der Waals surface area contributed by atoms with Gasteiger partial charge in [0, 0.05) is 25.0 Å². The van der Waals surface area contributed by atoms with Crippen molar-refractivity contribution in [2.24, 2.45) is 0 Å². The summed E-state index contributed by atoms with van der Waals surface area (Å²) in [6.07, 6.45) is 1.85. The Labute approximate surface area is 177 Å². The number of fused-ring (bicyclic) bond motifs is 1. The molecular weight excluding hydrogens is 385 g/mol. The van der Waals surface area contributed by atoms with E-state index >= 15 is 0 Å². The van der Waals surface area contributed by atoms with E-state index in [0.717, 1.165) is 28.8 Å². The van der Waals surface area contributed by atoms with Gasteiger partial charge in [-0.15, -0.1) is 12.4 Å². The van der Waals surface area contributed by atoms with Crippen molar-refractivity contribution in [3.8, 4) is 0 Å². The Hall–Kier alpha value is -2.85. The van der Waals surface area contributed by atoms with Crippen LogP contribution in [-0.2, 0) is 13.1 Å². The van der Waals surface area contributed by atoms with E-state index in [-0.39, 0.29) is 18.2 Å². The number of hydrogen-bond donors (Lipinski definition) is 1. The summed E-state index contributed by atoms with van der Waals surface area (Å²) in [6, 6.07) is 17.3. The maximum absolute atomic E-state index is 13.2. The molecule has 0 amide bonds. The molecule has 0 aliphatic heterocycles. The van der Waals surface area contributed by atoms with Gasteiger partial charge in [-0.3, -0.25) is 4.98 Å². The standard InChI is InChI=1S/C24H24FN3.ClH/c1-16-4-6-20(7-5-16)15-28-18(3)17(2)23-24(28)22(12-13-26-23)27-14-19-8-10-21(25)11-9-19;/h4-13H,14-15H2,1-3H3,(H,26,27);1H. The zero-order valence-corrected chi connectivity index (χ0v) is 17.7. The molecule has 2 aromatic carbocycles. The molecule has 0 aliphatic rings. The van der Waals surface area contributed by atoms with Gasteiger partial charge in [-0.25, -0.2) is 4.39 Å². The van der Waals surface area contributed by atoms with Crippen molar-refractivity contribution >= 4 is 29.1 Å². The molecule has 0 bridgehead atoms. The number of aryl methyl sites for hydroxylation is 2. The number of pyridine rings is 1. The van der Waals surface area contributed by atoms with E-state index in [0.29, 0.717) is 6.54 Å². The summed E-state index contributed by atoms with van der Waals surface area (Å²) in [5.41, 5.74) is 9.16. The van der Waals surface area contributed by atoms with E-state index in [1.807, 2.05) is 24.4 Å². The number of halogens is 2. The molecule has 0 aliphatic carbocycles. The molecule has 0 atom stereocenters. The largest absolute Gasteiger partial charge is 0.379 e. The Bertz CT molecular complexity index is 1120. The predicted molar refractivity (Wildman–Crippen MR) is 120 cm³/mol. The van der Waals surface area contributed by atoms with Crippen LogP contribution >= 0.6 is 12.4 Å². The van der Waals surface area contributed by atoms with Gasteiger partial charge in [0.2, 0.25) is 0 Å². The third kappa shape index (κ3) is 4.28. The zero-order chi connectivity index (χ0) is 19.7. The van der Waals surface area contributed by atoms with Gasteiger partial charge in [-0.05, 0) is 55.7 Å². The van der Waals surface area contributed by atoms with Crippen LogP contribution < -0.4 is 5.32 Å². The van der Waals surface area contributed by atoms with Crippen LogP contribution in [0.2, 0.25) is 0 Å². The van der Waals surface area contributed by atoms with Crippen molar-refractivity contribution in [3.63, 3.8) is 0 Å². The first-order valence-corrected chi connectivity index (χ1v) is 9.51. The summed E-state index contributed by atoms with van der Waals surface area (Å²) < 4.78 is 15.5. The zero-order valence-electron chi connectivity index (χ0n) is 16.9. The Balaban J connectivity index is 0.00000240. The van der Waals surface area contributed by atoms with Gasteiger partial charge < -0.3 is 9.88 Å². The summed E-state index contributed by atoms with van der Waals surface area (Å²) in [4.78, 5) is 4.63. The molecule has 0 unspecified atom stereocenters. The van der Waals surface area contributed by atoms with E-state index < -0.39 is 0 Å². The van der Waals surface area contributed by atoms with Crippen LogP contribution in [0.4, 0.5) is 10.1 Å². The van der Waals surface area contributed by atoms with Gasteiger partial charge in [0.1, 0.15) is 5.82 Å². The summed E-state index contributed by atoms with van der Waals surface area (Å²) in [5.74, 6) is -0.215. The second kappa shape index (κ2) is 8.66. The van der Waals surface area contributed by atoms with Crippen molar-refractivity contribution in [1.82, 2.24) is 9.55 Å². The number of nitrogens with zero attached hydrogens (tertiary/aromatic N) is 2. The molecular formula is C24H25ClFN3. The molecule has 0 saturated heterocycles. The average Bonchev–Trinajstić information content (AvgIpc) is 2.95. The molecule has 0 spiro atoms. The molecule has 5 heteroatoms. The fourth-order valence-electron chi connectivity index (χ4n) is 3.56. The maximum Gasteiger partial charge on any atom is 0.123 e. The highest BCUT2D eigenvalue weighted by Gasteiger charge is 2.15. The number of hydrogen-bond acceptors (Lipinski definition) is 2. The molecule has 0 fully saturated rings. The highest BCUT2D eigenvalue weighted by atomic mass is 35.5. The fourth-order valence-corrected chi connectivity index (χ4v) is 3.56. The summed E-state index contributed by atoms with van der Waals surface area (Å²) in [7, 11) is 0. The lowest BCUT2D eigenvalue weighted by atomic mass is 10.1. The lowest BCUT2D eigenvalue weighted by Gasteiger charge is -2.13. The van der Waals surface area contributed by atoms with E-state index in [4.69, 9.17) is 0 Å². The lowest BCUT2D eigenvalue weighted by Crippen LogP contribution is -2.06. The van der Waals surface area contributed by atoms with Gasteiger partial charge in [0.05, 0.1) is 16.7 Å². The minimum absolute atomic E-state index is 0. The van der Waals surface area contributed by atoms with E-state index in [9.17, 15) is 4.39 Å². The minimum Gasteiger partial charge on any atom is -0.379 e. The van der Waals surface area contributed by atoms with E-state index in [1.54, 1.807) is 0 Å². The van der Waals surface area contributed by atoms with Crippen molar-refractivity contribution in [1.29, 1.82) is 0 Å². The van der Waals surface area contributed by atoms with Crippen molar-refractivity contribution < 1.29 is 4.39 Å². The molecule has 29 heavy (non-hydrogen) atoms. The Morgan fingerprint density at radius 1 is 0.897 bits per heavy atom. The molecule has 0 radical (unpaired) electrons. The number of rotatable bonds is 5. The molecule has 0 saturated carbocycles. The first-order valence-electron chi connectivity index (χ1n) is 9.51. The van der Waals surface area contributed by atoms with Gasteiger partial charge in [0.15, 0.2) is 0 Å². The molecule has 3 nitrogen and oxygen atoms in total. The van der Waals surface area contributed by atoms with Gasteiger partial charge in [-0.2, -0.15) is 0 Å². The SMILES string of the molecule is Cc1ccc(Cn2c(C)c(C)c3nccc(NCc4ccc(F)cc4)c32)cc1.Cl. The average molecular weight is 410 g/mol. The number of nitrogens with one attached hydrogen (secondary N) is 1. The maximum atomic E-state index is 13.2.